The number of sulfonamides is 1. The Bertz CT molecular complexity index is 1030. The molecule has 2 aromatic carbocycles. The summed E-state index contributed by atoms with van der Waals surface area (Å²) >= 11 is 6.17. The zero-order valence-corrected chi connectivity index (χ0v) is 19.4. The van der Waals surface area contributed by atoms with Gasteiger partial charge in [0.05, 0.1) is 24.1 Å². The molecule has 0 atom stereocenters. The van der Waals surface area contributed by atoms with Gasteiger partial charge >= 0.3 is 0 Å². The molecule has 31 heavy (non-hydrogen) atoms. The van der Waals surface area contributed by atoms with Crippen molar-refractivity contribution in [3.05, 3.63) is 47.0 Å². The van der Waals surface area contributed by atoms with Crippen molar-refractivity contribution in [1.29, 1.82) is 0 Å². The molecular formula is C22H27ClN2O5S. The highest BCUT2D eigenvalue weighted by molar-refractivity contribution is 7.89. The molecule has 0 radical (unpaired) electrons. The van der Waals surface area contributed by atoms with Gasteiger partial charge in [0.25, 0.3) is 5.91 Å². The van der Waals surface area contributed by atoms with E-state index >= 15 is 0 Å². The lowest BCUT2D eigenvalue weighted by Crippen LogP contribution is -2.38. The monoisotopic (exact) mass is 466 g/mol. The minimum atomic E-state index is -3.59. The van der Waals surface area contributed by atoms with Crippen LogP contribution < -0.4 is 14.8 Å². The van der Waals surface area contributed by atoms with Crippen molar-refractivity contribution >= 4 is 33.2 Å². The van der Waals surface area contributed by atoms with Crippen molar-refractivity contribution in [3.8, 4) is 11.5 Å². The van der Waals surface area contributed by atoms with Gasteiger partial charge < -0.3 is 14.8 Å². The van der Waals surface area contributed by atoms with Gasteiger partial charge in [-0.3, -0.25) is 4.79 Å². The van der Waals surface area contributed by atoms with E-state index in [1.165, 1.54) is 42.8 Å². The summed E-state index contributed by atoms with van der Waals surface area (Å²) in [6.07, 6.45) is 5.03. The summed E-state index contributed by atoms with van der Waals surface area (Å²) < 4.78 is 37.8. The summed E-state index contributed by atoms with van der Waals surface area (Å²) in [5.41, 5.74) is 0.756. The zero-order valence-electron chi connectivity index (χ0n) is 17.9. The van der Waals surface area contributed by atoms with E-state index in [0.29, 0.717) is 17.2 Å². The van der Waals surface area contributed by atoms with Gasteiger partial charge in [0.2, 0.25) is 10.0 Å². The molecule has 7 nitrogen and oxygen atoms in total. The van der Waals surface area contributed by atoms with Gasteiger partial charge in [-0.15, -0.1) is 0 Å². The van der Waals surface area contributed by atoms with Crippen LogP contribution in [-0.4, -0.2) is 45.9 Å². The van der Waals surface area contributed by atoms with Crippen molar-refractivity contribution in [3.63, 3.8) is 0 Å². The molecule has 1 N–H and O–H groups in total. The van der Waals surface area contributed by atoms with E-state index in [2.05, 4.69) is 5.32 Å². The zero-order chi connectivity index (χ0) is 22.6. The van der Waals surface area contributed by atoms with Crippen LogP contribution in [-0.2, 0) is 10.0 Å². The number of nitrogens with one attached hydrogen (secondary N) is 1. The van der Waals surface area contributed by atoms with Crippen molar-refractivity contribution in [2.45, 2.75) is 43.0 Å². The number of amides is 1. The number of carbonyl (C=O) groups is 1. The summed E-state index contributed by atoms with van der Waals surface area (Å²) in [7, 11) is 0.976. The number of carbonyl (C=O) groups excluding carboxylic acids is 1. The third-order valence-electron chi connectivity index (χ3n) is 5.57. The molecule has 9 heteroatoms. The summed E-state index contributed by atoms with van der Waals surface area (Å²) in [5, 5.41) is 2.99. The largest absolute Gasteiger partial charge is 0.493 e. The fourth-order valence-electron chi connectivity index (χ4n) is 3.77. The van der Waals surface area contributed by atoms with Crippen LogP contribution in [0.25, 0.3) is 0 Å². The first-order chi connectivity index (χ1) is 14.8. The maximum Gasteiger partial charge on any atom is 0.255 e. The molecule has 1 saturated carbocycles. The molecule has 0 bridgehead atoms. The van der Waals surface area contributed by atoms with Gasteiger partial charge in [-0.25, -0.2) is 8.42 Å². The number of halogens is 1. The lowest BCUT2D eigenvalue weighted by Gasteiger charge is -2.30. The van der Waals surface area contributed by atoms with Crippen molar-refractivity contribution in [2.24, 2.45) is 0 Å². The lowest BCUT2D eigenvalue weighted by atomic mass is 9.96. The van der Waals surface area contributed by atoms with Gasteiger partial charge in [0, 0.05) is 24.3 Å². The normalized spacial score (nSPS) is 15.0. The van der Waals surface area contributed by atoms with E-state index in [0.717, 1.165) is 32.1 Å². The van der Waals surface area contributed by atoms with Crippen molar-refractivity contribution in [1.82, 2.24) is 4.31 Å². The molecule has 1 amide bonds. The van der Waals surface area contributed by atoms with Crippen LogP contribution in [0.3, 0.4) is 0 Å². The number of anilines is 1. The molecule has 0 aliphatic heterocycles. The summed E-state index contributed by atoms with van der Waals surface area (Å²) in [6.45, 7) is 0. The minimum absolute atomic E-state index is 0.0351. The Morgan fingerprint density at radius 3 is 2.29 bits per heavy atom. The van der Waals surface area contributed by atoms with E-state index in [9.17, 15) is 13.2 Å². The quantitative estimate of drug-likeness (QED) is 0.646. The van der Waals surface area contributed by atoms with Crippen LogP contribution in [0, 0.1) is 0 Å². The molecule has 1 fully saturated rings. The maximum atomic E-state index is 13.0. The van der Waals surface area contributed by atoms with Crippen LogP contribution in [0.5, 0.6) is 11.5 Å². The molecule has 0 saturated heterocycles. The number of ether oxygens (including phenoxy) is 2. The van der Waals surface area contributed by atoms with Gasteiger partial charge in [-0.05, 0) is 49.2 Å². The number of hydrogen-bond donors (Lipinski definition) is 1. The van der Waals surface area contributed by atoms with Gasteiger partial charge in [0.15, 0.2) is 11.5 Å². The topological polar surface area (TPSA) is 84.9 Å². The van der Waals surface area contributed by atoms with Crippen LogP contribution in [0.1, 0.15) is 42.5 Å². The summed E-state index contributed by atoms with van der Waals surface area (Å²) in [5.74, 6) is 0.280. The first-order valence-corrected chi connectivity index (χ1v) is 11.9. The van der Waals surface area contributed by atoms with Crippen molar-refractivity contribution < 1.29 is 22.7 Å². The second-order valence-electron chi connectivity index (χ2n) is 7.49. The molecule has 0 heterocycles. The van der Waals surface area contributed by atoms with Crippen molar-refractivity contribution in [2.75, 3.05) is 26.6 Å². The first kappa shape index (κ1) is 23.4. The average Bonchev–Trinajstić information content (AvgIpc) is 2.78. The Hall–Kier alpha value is -2.29. The summed E-state index contributed by atoms with van der Waals surface area (Å²) in [6, 6.07) is 9.20. The van der Waals surface area contributed by atoms with Crippen LogP contribution >= 0.6 is 11.6 Å². The second kappa shape index (κ2) is 9.89. The van der Waals surface area contributed by atoms with Gasteiger partial charge in [-0.2, -0.15) is 4.31 Å². The smallest absolute Gasteiger partial charge is 0.255 e. The number of methoxy groups -OCH3 is 2. The number of rotatable bonds is 7. The van der Waals surface area contributed by atoms with Crippen LogP contribution in [0.2, 0.25) is 5.02 Å². The second-order valence-corrected chi connectivity index (χ2v) is 9.89. The predicted octanol–water partition coefficient (Wildman–Crippen LogP) is 4.56. The first-order valence-electron chi connectivity index (χ1n) is 10.1. The molecule has 2 aromatic rings. The molecule has 0 aromatic heterocycles. The number of hydrogen-bond acceptors (Lipinski definition) is 5. The van der Waals surface area contributed by atoms with Crippen LogP contribution in [0.4, 0.5) is 5.69 Å². The highest BCUT2D eigenvalue weighted by atomic mass is 35.5. The molecular weight excluding hydrogens is 440 g/mol. The predicted molar refractivity (Wildman–Crippen MR) is 121 cm³/mol. The highest BCUT2D eigenvalue weighted by Crippen LogP contribution is 2.36. The van der Waals surface area contributed by atoms with E-state index in [-0.39, 0.29) is 21.5 Å². The SMILES string of the molecule is COc1cc(C(=O)Nc2ccc(S(=O)(=O)N(C)C3CCCCC3)cc2)cc(Cl)c1OC. The standard InChI is InChI=1S/C22H27ClN2O5S/c1-25(17-7-5-4-6-8-17)31(27,28)18-11-9-16(10-12-18)24-22(26)15-13-19(23)21(30-3)20(14-15)29-2/h9-14,17H,4-8H2,1-3H3,(H,24,26). The Balaban J connectivity index is 1.74. The Morgan fingerprint density at radius 2 is 1.71 bits per heavy atom. The Morgan fingerprint density at radius 1 is 1.06 bits per heavy atom. The summed E-state index contributed by atoms with van der Waals surface area (Å²) in [4.78, 5) is 12.8. The molecule has 1 aliphatic carbocycles. The molecule has 0 unspecified atom stereocenters. The number of benzene rings is 2. The third kappa shape index (κ3) is 5.14. The van der Waals surface area contributed by atoms with E-state index in [1.54, 1.807) is 19.2 Å². The van der Waals surface area contributed by atoms with E-state index < -0.39 is 15.9 Å². The number of nitrogens with zero attached hydrogens (tertiary/aromatic N) is 1. The fraction of sp³-hybridized carbons (Fsp3) is 0.409. The highest BCUT2D eigenvalue weighted by Gasteiger charge is 2.29. The Kier molecular flexibility index (Phi) is 7.46. The fourth-order valence-corrected chi connectivity index (χ4v) is 5.47. The molecule has 0 spiro atoms. The van der Waals surface area contributed by atoms with Gasteiger partial charge in [-0.1, -0.05) is 30.9 Å². The van der Waals surface area contributed by atoms with Crippen LogP contribution in [0.15, 0.2) is 41.3 Å². The van der Waals surface area contributed by atoms with E-state index in [1.807, 2.05) is 0 Å². The van der Waals surface area contributed by atoms with E-state index in [4.69, 9.17) is 21.1 Å². The van der Waals surface area contributed by atoms with Gasteiger partial charge in [0.1, 0.15) is 0 Å². The average molecular weight is 467 g/mol. The Labute approximate surface area is 188 Å². The molecule has 168 valence electrons. The molecule has 3 rings (SSSR count). The molecule has 1 aliphatic rings. The lowest BCUT2D eigenvalue weighted by molar-refractivity contribution is 0.102. The maximum absolute atomic E-state index is 13.0. The minimum Gasteiger partial charge on any atom is -0.493 e. The third-order valence-corrected chi connectivity index (χ3v) is 7.78.